The minimum absolute atomic E-state index is 0.222. The van der Waals surface area contributed by atoms with E-state index in [-0.39, 0.29) is 12.5 Å². The quantitative estimate of drug-likeness (QED) is 0.746. The minimum atomic E-state index is -0.635. The van der Waals surface area contributed by atoms with Crippen LogP contribution in [0, 0.1) is 0 Å². The Morgan fingerprint density at radius 3 is 2.56 bits per heavy atom. The molecule has 1 aromatic heterocycles. The second-order valence-corrected chi connectivity index (χ2v) is 3.65. The molecule has 0 aromatic carbocycles. The van der Waals surface area contributed by atoms with Gasteiger partial charge in [-0.15, -0.1) is 0 Å². The predicted molar refractivity (Wildman–Crippen MR) is 57.6 cm³/mol. The third-order valence-corrected chi connectivity index (χ3v) is 2.90. The fourth-order valence-corrected chi connectivity index (χ4v) is 1.60. The van der Waals surface area contributed by atoms with Gasteiger partial charge in [0.25, 0.3) is 0 Å². The van der Waals surface area contributed by atoms with Crippen LogP contribution in [0.25, 0.3) is 0 Å². The molecule has 1 aromatic rings. The molecule has 0 aliphatic rings. The van der Waals surface area contributed by atoms with E-state index >= 15 is 0 Å². The van der Waals surface area contributed by atoms with Gasteiger partial charge in [0.05, 0.1) is 6.61 Å². The van der Waals surface area contributed by atoms with Crippen LogP contribution in [-0.4, -0.2) is 29.0 Å². The van der Waals surface area contributed by atoms with E-state index in [0.717, 1.165) is 12.8 Å². The van der Waals surface area contributed by atoms with Crippen molar-refractivity contribution in [3.63, 3.8) is 0 Å². The fourth-order valence-electron chi connectivity index (χ4n) is 1.60. The molecule has 0 amide bonds. The standard InChI is InChI=1S/C10H19N3O3/c1-4-10(5-2,15-3)9-12-8(16-13-9)7(11)6-14/h7,14H,4-6,11H2,1-3H3. The molecular weight excluding hydrogens is 210 g/mol. The Labute approximate surface area is 94.8 Å². The lowest BCUT2D eigenvalue weighted by atomic mass is 9.96. The second kappa shape index (κ2) is 5.38. The molecular formula is C10H19N3O3. The molecule has 92 valence electrons. The molecule has 6 heteroatoms. The molecule has 0 aliphatic heterocycles. The van der Waals surface area contributed by atoms with Crippen LogP contribution >= 0.6 is 0 Å². The lowest BCUT2D eigenvalue weighted by Crippen LogP contribution is -2.28. The van der Waals surface area contributed by atoms with Crippen LogP contribution < -0.4 is 5.73 Å². The summed E-state index contributed by atoms with van der Waals surface area (Å²) in [7, 11) is 1.62. The SMILES string of the molecule is CCC(CC)(OC)c1noc(C(N)CO)n1. The number of ether oxygens (including phenoxy) is 1. The maximum Gasteiger partial charge on any atom is 0.246 e. The van der Waals surface area contributed by atoms with Crippen molar-refractivity contribution < 1.29 is 14.4 Å². The van der Waals surface area contributed by atoms with Gasteiger partial charge in [-0.2, -0.15) is 4.98 Å². The van der Waals surface area contributed by atoms with Gasteiger partial charge >= 0.3 is 0 Å². The summed E-state index contributed by atoms with van der Waals surface area (Å²) in [5.41, 5.74) is 5.06. The molecule has 1 unspecified atom stereocenters. The Morgan fingerprint density at radius 1 is 1.50 bits per heavy atom. The van der Waals surface area contributed by atoms with E-state index < -0.39 is 11.6 Å². The van der Waals surface area contributed by atoms with Crippen molar-refractivity contribution in [2.24, 2.45) is 5.73 Å². The van der Waals surface area contributed by atoms with Crippen LogP contribution in [0.5, 0.6) is 0 Å². The summed E-state index contributed by atoms with van der Waals surface area (Å²) < 4.78 is 10.5. The maximum absolute atomic E-state index is 8.89. The van der Waals surface area contributed by atoms with Crippen LogP contribution in [-0.2, 0) is 10.3 Å². The van der Waals surface area contributed by atoms with Crippen molar-refractivity contribution in [1.82, 2.24) is 10.1 Å². The number of nitrogens with zero attached hydrogens (tertiary/aromatic N) is 2. The van der Waals surface area contributed by atoms with Crippen molar-refractivity contribution in [1.29, 1.82) is 0 Å². The number of aliphatic hydroxyl groups excluding tert-OH is 1. The van der Waals surface area contributed by atoms with Gasteiger partial charge in [0.2, 0.25) is 11.7 Å². The summed E-state index contributed by atoms with van der Waals surface area (Å²) in [5.74, 6) is 0.722. The van der Waals surface area contributed by atoms with E-state index in [1.54, 1.807) is 7.11 Å². The monoisotopic (exact) mass is 229 g/mol. The lowest BCUT2D eigenvalue weighted by molar-refractivity contribution is -0.0306. The zero-order chi connectivity index (χ0) is 12.2. The van der Waals surface area contributed by atoms with E-state index in [2.05, 4.69) is 10.1 Å². The highest BCUT2D eigenvalue weighted by Gasteiger charge is 2.34. The van der Waals surface area contributed by atoms with Crippen LogP contribution in [0.15, 0.2) is 4.52 Å². The molecule has 1 rings (SSSR count). The van der Waals surface area contributed by atoms with Gasteiger partial charge in [-0.1, -0.05) is 19.0 Å². The summed E-state index contributed by atoms with van der Waals surface area (Å²) in [6.45, 7) is 3.77. The maximum atomic E-state index is 8.89. The smallest absolute Gasteiger partial charge is 0.246 e. The van der Waals surface area contributed by atoms with Crippen molar-refractivity contribution >= 4 is 0 Å². The van der Waals surface area contributed by atoms with Gasteiger partial charge in [-0.25, -0.2) is 0 Å². The third-order valence-electron chi connectivity index (χ3n) is 2.90. The fraction of sp³-hybridized carbons (Fsp3) is 0.800. The Kier molecular flexibility index (Phi) is 4.40. The molecule has 3 N–H and O–H groups in total. The zero-order valence-electron chi connectivity index (χ0n) is 9.93. The second-order valence-electron chi connectivity index (χ2n) is 3.65. The van der Waals surface area contributed by atoms with E-state index in [4.69, 9.17) is 20.1 Å². The highest BCUT2D eigenvalue weighted by molar-refractivity contribution is 5.02. The molecule has 0 radical (unpaired) electrons. The zero-order valence-corrected chi connectivity index (χ0v) is 9.93. The van der Waals surface area contributed by atoms with Crippen LogP contribution in [0.2, 0.25) is 0 Å². The normalized spacial score (nSPS) is 14.1. The number of hydrogen-bond acceptors (Lipinski definition) is 6. The van der Waals surface area contributed by atoms with Gasteiger partial charge in [-0.3, -0.25) is 0 Å². The molecule has 1 heterocycles. The van der Waals surface area contributed by atoms with Gasteiger partial charge < -0.3 is 20.1 Å². The molecule has 0 fully saturated rings. The molecule has 0 bridgehead atoms. The number of aromatic nitrogens is 2. The summed E-state index contributed by atoms with van der Waals surface area (Å²) in [6.07, 6.45) is 1.49. The Hall–Kier alpha value is -0.980. The first-order valence-electron chi connectivity index (χ1n) is 5.39. The molecule has 1 atom stereocenters. The number of rotatable bonds is 6. The highest BCUT2D eigenvalue weighted by Crippen LogP contribution is 2.30. The first-order valence-corrected chi connectivity index (χ1v) is 5.39. The number of methoxy groups -OCH3 is 1. The van der Waals surface area contributed by atoms with Crippen molar-refractivity contribution in [3.05, 3.63) is 11.7 Å². The van der Waals surface area contributed by atoms with Crippen molar-refractivity contribution in [2.45, 2.75) is 38.3 Å². The predicted octanol–water partition coefficient (Wildman–Crippen LogP) is 0.723. The van der Waals surface area contributed by atoms with E-state index in [0.29, 0.717) is 5.82 Å². The highest BCUT2D eigenvalue weighted by atomic mass is 16.5. The Morgan fingerprint density at radius 2 is 2.12 bits per heavy atom. The molecule has 0 saturated heterocycles. The van der Waals surface area contributed by atoms with Crippen LogP contribution in [0.1, 0.15) is 44.4 Å². The average Bonchev–Trinajstić information content (AvgIpc) is 2.81. The van der Waals surface area contributed by atoms with Gasteiger partial charge in [0.1, 0.15) is 11.6 Å². The first-order chi connectivity index (χ1) is 7.63. The van der Waals surface area contributed by atoms with E-state index in [1.165, 1.54) is 0 Å². The topological polar surface area (TPSA) is 94.4 Å². The molecule has 6 nitrogen and oxygen atoms in total. The molecule has 0 spiro atoms. The van der Waals surface area contributed by atoms with Crippen LogP contribution in [0.4, 0.5) is 0 Å². The van der Waals surface area contributed by atoms with E-state index in [9.17, 15) is 0 Å². The summed E-state index contributed by atoms with van der Waals surface area (Å²) >= 11 is 0. The number of aliphatic hydroxyl groups is 1. The van der Waals surface area contributed by atoms with Crippen LogP contribution in [0.3, 0.4) is 0 Å². The molecule has 16 heavy (non-hydrogen) atoms. The summed E-state index contributed by atoms with van der Waals surface area (Å²) in [4.78, 5) is 4.18. The first kappa shape index (κ1) is 13.1. The third kappa shape index (κ3) is 2.23. The van der Waals surface area contributed by atoms with Gasteiger partial charge in [-0.05, 0) is 12.8 Å². The summed E-state index contributed by atoms with van der Waals surface area (Å²) in [6, 6.07) is -0.635. The van der Waals surface area contributed by atoms with Gasteiger partial charge in [0, 0.05) is 7.11 Å². The number of hydrogen-bond donors (Lipinski definition) is 2. The molecule has 0 saturated carbocycles. The molecule has 0 aliphatic carbocycles. The van der Waals surface area contributed by atoms with E-state index in [1.807, 2.05) is 13.8 Å². The largest absolute Gasteiger partial charge is 0.394 e. The van der Waals surface area contributed by atoms with Crippen molar-refractivity contribution in [3.8, 4) is 0 Å². The lowest BCUT2D eigenvalue weighted by Gasteiger charge is -2.25. The van der Waals surface area contributed by atoms with Crippen molar-refractivity contribution in [2.75, 3.05) is 13.7 Å². The van der Waals surface area contributed by atoms with Gasteiger partial charge in [0.15, 0.2) is 0 Å². The Balaban J connectivity index is 2.99. The minimum Gasteiger partial charge on any atom is -0.394 e. The Bertz CT molecular complexity index is 315. The summed E-state index contributed by atoms with van der Waals surface area (Å²) in [5, 5.41) is 12.8. The average molecular weight is 229 g/mol. The number of nitrogens with two attached hydrogens (primary N) is 1.